The molecule has 1 heterocycles. The Morgan fingerprint density at radius 3 is 2.78 bits per heavy atom. The summed E-state index contributed by atoms with van der Waals surface area (Å²) in [5.41, 5.74) is 0. The molecular weight excluding hydrogens is 250 g/mol. The lowest BCUT2D eigenvalue weighted by atomic mass is 10.1. The minimum absolute atomic E-state index is 0.0666. The zero-order chi connectivity index (χ0) is 13.4. The van der Waals surface area contributed by atoms with Crippen molar-refractivity contribution in [3.63, 3.8) is 0 Å². The smallest absolute Gasteiger partial charge is 0.305 e. The van der Waals surface area contributed by atoms with Crippen LogP contribution in [0.15, 0.2) is 17.5 Å². The number of rotatable bonds is 8. The van der Waals surface area contributed by atoms with Gasteiger partial charge in [-0.1, -0.05) is 25.8 Å². The molecular formula is C13H19NO3S. The molecule has 1 atom stereocenters. The number of carboxylic acid groups (broad SMARTS) is 1. The first kappa shape index (κ1) is 14.7. The van der Waals surface area contributed by atoms with Gasteiger partial charge in [0.2, 0.25) is 5.91 Å². The highest BCUT2D eigenvalue weighted by Gasteiger charge is 2.18. The fourth-order valence-electron chi connectivity index (χ4n) is 1.69. The van der Waals surface area contributed by atoms with E-state index in [1.165, 1.54) is 11.3 Å². The number of nitrogens with one attached hydrogen (secondary N) is 1. The van der Waals surface area contributed by atoms with Crippen molar-refractivity contribution in [2.75, 3.05) is 0 Å². The first-order valence-electron chi connectivity index (χ1n) is 6.18. The topological polar surface area (TPSA) is 66.4 Å². The molecule has 0 aliphatic heterocycles. The normalized spacial score (nSPS) is 12.1. The average Bonchev–Trinajstić information content (AvgIpc) is 2.81. The fraction of sp³-hybridized carbons (Fsp3) is 0.538. The summed E-state index contributed by atoms with van der Waals surface area (Å²) in [7, 11) is 0. The number of thiophene rings is 1. The lowest BCUT2D eigenvalue weighted by molar-refractivity contribution is -0.137. The van der Waals surface area contributed by atoms with Crippen LogP contribution in [0.3, 0.4) is 0 Å². The molecule has 0 fully saturated rings. The molecule has 1 unspecified atom stereocenters. The first-order valence-corrected chi connectivity index (χ1v) is 7.06. The van der Waals surface area contributed by atoms with E-state index in [0.29, 0.717) is 6.42 Å². The number of aliphatic carboxylic acids is 1. The standard InChI is InChI=1S/C13H19NO3S/c1-2-3-4-7-12(15)14-10(9-13(16)17)11-6-5-8-18-11/h5-6,8,10H,2-4,7,9H2,1H3,(H,14,15)(H,16,17). The maximum atomic E-state index is 11.7. The summed E-state index contributed by atoms with van der Waals surface area (Å²) in [6.45, 7) is 2.08. The Kier molecular flexibility index (Phi) is 6.43. The zero-order valence-electron chi connectivity index (χ0n) is 10.5. The molecule has 1 aromatic rings. The second-order valence-corrected chi connectivity index (χ2v) is 5.17. The number of carbonyl (C=O) groups excluding carboxylic acids is 1. The van der Waals surface area contributed by atoms with Gasteiger partial charge in [-0.2, -0.15) is 0 Å². The van der Waals surface area contributed by atoms with Crippen molar-refractivity contribution in [2.45, 2.75) is 45.1 Å². The van der Waals surface area contributed by atoms with Crippen LogP contribution >= 0.6 is 11.3 Å². The summed E-state index contributed by atoms with van der Waals surface area (Å²) in [6.07, 6.45) is 3.34. The van der Waals surface area contributed by atoms with Crippen LogP contribution in [-0.4, -0.2) is 17.0 Å². The second-order valence-electron chi connectivity index (χ2n) is 4.19. The van der Waals surface area contributed by atoms with Crippen LogP contribution in [0.5, 0.6) is 0 Å². The second kappa shape index (κ2) is 7.87. The van der Waals surface area contributed by atoms with E-state index in [1.807, 2.05) is 17.5 Å². The molecule has 1 aromatic heterocycles. The van der Waals surface area contributed by atoms with E-state index in [9.17, 15) is 9.59 Å². The van der Waals surface area contributed by atoms with Crippen LogP contribution in [0.2, 0.25) is 0 Å². The van der Waals surface area contributed by atoms with Gasteiger partial charge in [0.25, 0.3) is 0 Å². The van der Waals surface area contributed by atoms with Crippen molar-refractivity contribution >= 4 is 23.2 Å². The SMILES string of the molecule is CCCCCC(=O)NC(CC(=O)O)c1cccs1. The highest BCUT2D eigenvalue weighted by molar-refractivity contribution is 7.10. The van der Waals surface area contributed by atoms with Crippen molar-refractivity contribution in [3.05, 3.63) is 22.4 Å². The van der Waals surface area contributed by atoms with Crippen molar-refractivity contribution in [1.82, 2.24) is 5.32 Å². The molecule has 0 spiro atoms. The Bertz CT molecular complexity index is 376. The summed E-state index contributed by atoms with van der Waals surface area (Å²) >= 11 is 1.47. The first-order chi connectivity index (χ1) is 8.63. The van der Waals surface area contributed by atoms with Gasteiger partial charge >= 0.3 is 5.97 Å². The lowest BCUT2D eigenvalue weighted by Crippen LogP contribution is -2.29. The third-order valence-electron chi connectivity index (χ3n) is 2.61. The highest BCUT2D eigenvalue weighted by atomic mass is 32.1. The summed E-state index contributed by atoms with van der Waals surface area (Å²) < 4.78 is 0. The third kappa shape index (κ3) is 5.31. The molecule has 0 radical (unpaired) electrons. The van der Waals surface area contributed by atoms with Crippen molar-refractivity contribution in [2.24, 2.45) is 0 Å². The van der Waals surface area contributed by atoms with Gasteiger partial charge in [-0.15, -0.1) is 11.3 Å². The molecule has 0 aliphatic carbocycles. The molecule has 1 amide bonds. The van der Waals surface area contributed by atoms with Crippen LogP contribution in [0.4, 0.5) is 0 Å². The molecule has 2 N–H and O–H groups in total. The highest BCUT2D eigenvalue weighted by Crippen LogP contribution is 2.22. The minimum atomic E-state index is -0.901. The van der Waals surface area contributed by atoms with Crippen LogP contribution in [0.25, 0.3) is 0 Å². The lowest BCUT2D eigenvalue weighted by Gasteiger charge is -2.15. The predicted octanol–water partition coefficient (Wildman–Crippen LogP) is 2.96. The summed E-state index contributed by atoms with van der Waals surface area (Å²) in [4.78, 5) is 23.4. The van der Waals surface area contributed by atoms with E-state index < -0.39 is 12.0 Å². The molecule has 0 aliphatic rings. The van der Waals surface area contributed by atoms with Gasteiger partial charge in [-0.3, -0.25) is 9.59 Å². The van der Waals surface area contributed by atoms with Gasteiger partial charge in [0.1, 0.15) is 0 Å². The Morgan fingerprint density at radius 1 is 1.44 bits per heavy atom. The van der Waals surface area contributed by atoms with Crippen molar-refractivity contribution < 1.29 is 14.7 Å². The van der Waals surface area contributed by atoms with Crippen LogP contribution < -0.4 is 5.32 Å². The number of carboxylic acids is 1. The van der Waals surface area contributed by atoms with E-state index in [2.05, 4.69) is 12.2 Å². The summed E-state index contributed by atoms with van der Waals surface area (Å²) in [6, 6.07) is 3.31. The molecule has 0 saturated carbocycles. The number of carbonyl (C=O) groups is 2. The fourth-order valence-corrected chi connectivity index (χ4v) is 2.47. The van der Waals surface area contributed by atoms with Crippen LogP contribution in [0.1, 0.15) is 49.9 Å². The van der Waals surface area contributed by atoms with Gasteiger partial charge < -0.3 is 10.4 Å². The van der Waals surface area contributed by atoms with E-state index in [1.54, 1.807) is 0 Å². The maximum absolute atomic E-state index is 11.7. The minimum Gasteiger partial charge on any atom is -0.481 e. The molecule has 5 heteroatoms. The van der Waals surface area contributed by atoms with Crippen molar-refractivity contribution in [1.29, 1.82) is 0 Å². The average molecular weight is 269 g/mol. The Balaban J connectivity index is 2.51. The number of unbranched alkanes of at least 4 members (excludes halogenated alkanes) is 2. The van der Waals surface area contributed by atoms with E-state index >= 15 is 0 Å². The quantitative estimate of drug-likeness (QED) is 0.713. The predicted molar refractivity (Wildman–Crippen MR) is 71.6 cm³/mol. The van der Waals surface area contributed by atoms with Gasteiger partial charge in [-0.25, -0.2) is 0 Å². The Morgan fingerprint density at radius 2 is 2.22 bits per heavy atom. The van der Waals surface area contributed by atoms with Gasteiger partial charge in [0, 0.05) is 11.3 Å². The van der Waals surface area contributed by atoms with Crippen molar-refractivity contribution in [3.8, 4) is 0 Å². The Hall–Kier alpha value is -1.36. The number of amides is 1. The third-order valence-corrected chi connectivity index (χ3v) is 3.59. The van der Waals surface area contributed by atoms with Gasteiger partial charge in [0.15, 0.2) is 0 Å². The van der Waals surface area contributed by atoms with Crippen LogP contribution in [-0.2, 0) is 9.59 Å². The number of hydrogen-bond donors (Lipinski definition) is 2. The van der Waals surface area contributed by atoms with E-state index in [0.717, 1.165) is 24.1 Å². The molecule has 100 valence electrons. The summed E-state index contributed by atoms with van der Waals surface area (Å²) in [5.74, 6) is -0.967. The molecule has 1 rings (SSSR count). The zero-order valence-corrected chi connectivity index (χ0v) is 11.3. The largest absolute Gasteiger partial charge is 0.481 e. The van der Waals surface area contributed by atoms with E-state index in [4.69, 9.17) is 5.11 Å². The molecule has 0 aromatic carbocycles. The molecule has 18 heavy (non-hydrogen) atoms. The summed E-state index contributed by atoms with van der Waals surface area (Å²) in [5, 5.41) is 13.5. The van der Waals surface area contributed by atoms with Crippen LogP contribution in [0, 0.1) is 0 Å². The monoisotopic (exact) mass is 269 g/mol. The molecule has 0 saturated heterocycles. The Labute approximate surface area is 111 Å². The van der Waals surface area contributed by atoms with Gasteiger partial charge in [-0.05, 0) is 17.9 Å². The number of hydrogen-bond acceptors (Lipinski definition) is 3. The molecule has 0 bridgehead atoms. The van der Waals surface area contributed by atoms with Gasteiger partial charge in [0.05, 0.1) is 12.5 Å². The van der Waals surface area contributed by atoms with E-state index in [-0.39, 0.29) is 12.3 Å². The molecule has 4 nitrogen and oxygen atoms in total. The maximum Gasteiger partial charge on any atom is 0.305 e.